The second-order valence-corrected chi connectivity index (χ2v) is 5.02. The van der Waals surface area contributed by atoms with Crippen molar-refractivity contribution in [3.63, 3.8) is 0 Å². The van der Waals surface area contributed by atoms with Crippen molar-refractivity contribution in [3.05, 3.63) is 35.6 Å². The van der Waals surface area contributed by atoms with Crippen molar-refractivity contribution in [1.29, 1.82) is 0 Å². The minimum atomic E-state index is -0.125. The van der Waals surface area contributed by atoms with Crippen LogP contribution in [0.2, 0.25) is 0 Å². The van der Waals surface area contributed by atoms with Gasteiger partial charge in [0.05, 0.1) is 0 Å². The molecule has 0 saturated carbocycles. The topological polar surface area (TPSA) is 15.3 Å². The molecule has 3 atom stereocenters. The number of fused-ring (bicyclic) bond motifs is 1. The Morgan fingerprint density at radius 3 is 3.06 bits per heavy atom. The van der Waals surface area contributed by atoms with Crippen LogP contribution in [0.25, 0.3) is 0 Å². The van der Waals surface area contributed by atoms with Gasteiger partial charge in [-0.05, 0) is 43.1 Å². The van der Waals surface area contributed by atoms with E-state index in [1.165, 1.54) is 6.07 Å². The number of benzene rings is 1. The Hall–Kier alpha value is -0.930. The molecule has 2 aliphatic rings. The van der Waals surface area contributed by atoms with E-state index in [-0.39, 0.29) is 5.82 Å². The highest BCUT2D eigenvalue weighted by Gasteiger charge is 2.43. The summed E-state index contributed by atoms with van der Waals surface area (Å²) < 4.78 is 13.3. The highest BCUT2D eigenvalue weighted by atomic mass is 19.1. The Morgan fingerprint density at radius 2 is 2.25 bits per heavy atom. The van der Waals surface area contributed by atoms with Crippen molar-refractivity contribution in [1.82, 2.24) is 10.2 Å². The molecule has 0 spiro atoms. The molecule has 2 nitrogen and oxygen atoms in total. The quantitative estimate of drug-likeness (QED) is 0.774. The molecule has 0 amide bonds. The summed E-state index contributed by atoms with van der Waals surface area (Å²) in [5.74, 6) is 1.25. The first kappa shape index (κ1) is 10.2. The summed E-state index contributed by atoms with van der Waals surface area (Å²) >= 11 is 0. The van der Waals surface area contributed by atoms with Gasteiger partial charge in [0.25, 0.3) is 0 Å². The molecule has 16 heavy (non-hydrogen) atoms. The van der Waals surface area contributed by atoms with Gasteiger partial charge >= 0.3 is 0 Å². The third-order valence-corrected chi connectivity index (χ3v) is 3.99. The average Bonchev–Trinajstić information content (AvgIpc) is 2.76. The van der Waals surface area contributed by atoms with Crippen molar-refractivity contribution in [3.8, 4) is 0 Å². The zero-order chi connectivity index (χ0) is 11.1. The fourth-order valence-corrected chi connectivity index (χ4v) is 3.33. The van der Waals surface area contributed by atoms with E-state index in [1.807, 2.05) is 12.1 Å². The van der Waals surface area contributed by atoms with Crippen LogP contribution in [0.3, 0.4) is 0 Å². The normalized spacial score (nSPS) is 34.2. The van der Waals surface area contributed by atoms with E-state index in [2.05, 4.69) is 17.3 Å². The van der Waals surface area contributed by atoms with E-state index in [1.54, 1.807) is 6.07 Å². The molecule has 2 saturated heterocycles. The van der Waals surface area contributed by atoms with Crippen LogP contribution in [-0.2, 0) is 0 Å². The highest BCUT2D eigenvalue weighted by molar-refractivity contribution is 5.23. The molecule has 1 N–H and O–H groups in total. The van der Waals surface area contributed by atoms with Crippen LogP contribution < -0.4 is 5.32 Å². The Bertz CT molecular complexity index is 393. The van der Waals surface area contributed by atoms with Crippen molar-refractivity contribution in [2.75, 3.05) is 26.7 Å². The number of likely N-dealkylation sites (tertiary alicyclic amines) is 1. The first-order valence-electron chi connectivity index (χ1n) is 5.92. The monoisotopic (exact) mass is 220 g/mol. The summed E-state index contributed by atoms with van der Waals surface area (Å²) in [5.41, 5.74) is 1.12. The minimum absolute atomic E-state index is 0.125. The van der Waals surface area contributed by atoms with E-state index in [4.69, 9.17) is 0 Å². The van der Waals surface area contributed by atoms with Crippen LogP contribution in [0.15, 0.2) is 24.3 Å². The zero-order valence-electron chi connectivity index (χ0n) is 9.49. The van der Waals surface area contributed by atoms with Gasteiger partial charge in [0.2, 0.25) is 0 Å². The number of hydrogen-bond acceptors (Lipinski definition) is 2. The largest absolute Gasteiger partial charge is 0.316 e. The lowest BCUT2D eigenvalue weighted by Crippen LogP contribution is -2.25. The maximum Gasteiger partial charge on any atom is 0.123 e. The maximum absolute atomic E-state index is 13.3. The van der Waals surface area contributed by atoms with Crippen molar-refractivity contribution >= 4 is 0 Å². The summed E-state index contributed by atoms with van der Waals surface area (Å²) in [6, 6.07) is 7.44. The summed E-state index contributed by atoms with van der Waals surface area (Å²) in [6.07, 6.45) is 0. The number of halogens is 1. The highest BCUT2D eigenvalue weighted by Crippen LogP contribution is 2.41. The van der Waals surface area contributed by atoms with E-state index < -0.39 is 0 Å². The zero-order valence-corrected chi connectivity index (χ0v) is 9.49. The molecular formula is C13H17FN2. The van der Waals surface area contributed by atoms with Crippen LogP contribution in [-0.4, -0.2) is 31.6 Å². The lowest BCUT2D eigenvalue weighted by Gasteiger charge is -2.24. The van der Waals surface area contributed by atoms with Gasteiger partial charge < -0.3 is 5.32 Å². The summed E-state index contributed by atoms with van der Waals surface area (Å²) in [7, 11) is 2.15. The van der Waals surface area contributed by atoms with Gasteiger partial charge in [-0.15, -0.1) is 0 Å². The molecule has 0 radical (unpaired) electrons. The number of rotatable bonds is 1. The molecule has 0 aliphatic carbocycles. The van der Waals surface area contributed by atoms with Crippen molar-refractivity contribution < 1.29 is 4.39 Å². The Labute approximate surface area is 95.4 Å². The van der Waals surface area contributed by atoms with Gasteiger partial charge in [0, 0.05) is 19.1 Å². The molecule has 1 aromatic rings. The second kappa shape index (κ2) is 3.82. The van der Waals surface area contributed by atoms with Crippen LogP contribution in [0, 0.1) is 17.7 Å². The van der Waals surface area contributed by atoms with Gasteiger partial charge in [-0.2, -0.15) is 0 Å². The third-order valence-electron chi connectivity index (χ3n) is 3.99. The van der Waals surface area contributed by atoms with Crippen LogP contribution in [0.4, 0.5) is 4.39 Å². The maximum atomic E-state index is 13.3. The number of hydrogen-bond donors (Lipinski definition) is 1. The predicted octanol–water partition coefficient (Wildman–Crippen LogP) is 1.65. The number of nitrogens with zero attached hydrogens (tertiary/aromatic N) is 1. The molecule has 0 unspecified atom stereocenters. The van der Waals surface area contributed by atoms with E-state index >= 15 is 0 Å². The fourth-order valence-electron chi connectivity index (χ4n) is 3.33. The fraction of sp³-hybridized carbons (Fsp3) is 0.538. The van der Waals surface area contributed by atoms with Crippen molar-refractivity contribution in [2.24, 2.45) is 11.8 Å². The molecule has 3 rings (SSSR count). The molecule has 0 bridgehead atoms. The molecular weight excluding hydrogens is 203 g/mol. The van der Waals surface area contributed by atoms with Crippen LogP contribution >= 0.6 is 0 Å². The lowest BCUT2D eigenvalue weighted by atomic mass is 9.89. The molecule has 2 heterocycles. The standard InChI is InChI=1S/C13H17FN2/c1-16-8-10-6-15-7-12(10)13(16)9-3-2-4-11(14)5-9/h2-5,10,12-13,15H,6-8H2,1H3/t10-,12-,13+/m1/s1. The van der Waals surface area contributed by atoms with Gasteiger partial charge in [0.15, 0.2) is 0 Å². The first-order valence-corrected chi connectivity index (χ1v) is 5.92. The van der Waals surface area contributed by atoms with E-state index in [0.29, 0.717) is 12.0 Å². The molecule has 0 aromatic heterocycles. The molecule has 86 valence electrons. The lowest BCUT2D eigenvalue weighted by molar-refractivity contribution is 0.276. The third kappa shape index (κ3) is 1.55. The second-order valence-electron chi connectivity index (χ2n) is 5.02. The Balaban J connectivity index is 1.93. The smallest absolute Gasteiger partial charge is 0.123 e. The summed E-state index contributed by atoms with van der Waals surface area (Å²) in [4.78, 5) is 2.37. The van der Waals surface area contributed by atoms with E-state index in [0.717, 1.165) is 31.1 Å². The Kier molecular flexibility index (Phi) is 2.45. The number of nitrogens with one attached hydrogen (secondary N) is 1. The van der Waals surface area contributed by atoms with Gasteiger partial charge in [0.1, 0.15) is 5.82 Å². The summed E-state index contributed by atoms with van der Waals surface area (Å²) in [5, 5.41) is 3.44. The molecule has 2 aliphatic heterocycles. The van der Waals surface area contributed by atoms with Crippen LogP contribution in [0.1, 0.15) is 11.6 Å². The SMILES string of the molecule is CN1C[C@H]2CNC[C@H]2[C@@H]1c1cccc(F)c1. The van der Waals surface area contributed by atoms with Crippen LogP contribution in [0.5, 0.6) is 0 Å². The molecule has 3 heteroatoms. The molecule has 2 fully saturated rings. The van der Waals surface area contributed by atoms with E-state index in [9.17, 15) is 4.39 Å². The summed E-state index contributed by atoms with van der Waals surface area (Å²) in [6.45, 7) is 3.30. The van der Waals surface area contributed by atoms with Gasteiger partial charge in [-0.3, -0.25) is 4.90 Å². The Morgan fingerprint density at radius 1 is 1.38 bits per heavy atom. The van der Waals surface area contributed by atoms with Crippen molar-refractivity contribution in [2.45, 2.75) is 6.04 Å². The predicted molar refractivity (Wildman–Crippen MR) is 61.6 cm³/mol. The van der Waals surface area contributed by atoms with Gasteiger partial charge in [-0.25, -0.2) is 4.39 Å². The average molecular weight is 220 g/mol. The minimum Gasteiger partial charge on any atom is -0.316 e. The van der Waals surface area contributed by atoms with Gasteiger partial charge in [-0.1, -0.05) is 12.1 Å². The molecule has 1 aromatic carbocycles. The first-order chi connectivity index (χ1) is 7.75.